The maximum atomic E-state index is 13.0. The zero-order valence-electron chi connectivity index (χ0n) is 13.2. The average molecular weight is 321 g/mol. The van der Waals surface area contributed by atoms with Gasteiger partial charge in [-0.2, -0.15) is 0 Å². The molecule has 0 unspecified atom stereocenters. The van der Waals surface area contributed by atoms with Gasteiger partial charge in [0.2, 0.25) is 5.76 Å². The number of hydrogen-bond acceptors (Lipinski definition) is 4. The Balaban J connectivity index is 2.03. The molecule has 0 aliphatic carbocycles. The molecule has 1 atom stereocenters. The second-order valence-corrected chi connectivity index (χ2v) is 6.06. The van der Waals surface area contributed by atoms with Crippen LogP contribution in [0.2, 0.25) is 0 Å². The van der Waals surface area contributed by atoms with Crippen LogP contribution < -0.4 is 10.7 Å². The highest BCUT2D eigenvalue weighted by atomic mass is 16.3. The smallest absolute Gasteiger partial charge is 0.288 e. The molecule has 1 aromatic heterocycles. The molecule has 5 heteroatoms. The van der Waals surface area contributed by atoms with Crippen LogP contribution in [0.4, 0.5) is 0 Å². The van der Waals surface area contributed by atoms with Gasteiger partial charge >= 0.3 is 0 Å². The first-order valence-corrected chi connectivity index (χ1v) is 7.64. The van der Waals surface area contributed by atoms with Gasteiger partial charge in [0.25, 0.3) is 5.91 Å². The highest BCUT2D eigenvalue weighted by Gasteiger charge is 2.36. The van der Waals surface area contributed by atoms with Crippen LogP contribution in [-0.4, -0.2) is 11.0 Å². The van der Waals surface area contributed by atoms with Crippen molar-refractivity contribution in [3.05, 3.63) is 74.6 Å². The van der Waals surface area contributed by atoms with Gasteiger partial charge < -0.3 is 14.8 Å². The molecule has 2 aromatic carbocycles. The molecule has 1 aliphatic rings. The number of carbonyl (C=O) groups excluding carboxylic acids is 1. The van der Waals surface area contributed by atoms with Gasteiger partial charge in [-0.15, -0.1) is 0 Å². The van der Waals surface area contributed by atoms with Gasteiger partial charge in [-0.1, -0.05) is 18.2 Å². The lowest BCUT2D eigenvalue weighted by atomic mass is 9.98. The molecular formula is C19H15NO4. The molecule has 2 heterocycles. The SMILES string of the molecule is Cc1ccc2c(=O)c3c(oc2c1C)C(=O)N[C@H]3c1cccc(O)c1. The third-order valence-electron chi connectivity index (χ3n) is 4.59. The van der Waals surface area contributed by atoms with Crippen LogP contribution in [0.5, 0.6) is 5.75 Å². The largest absolute Gasteiger partial charge is 0.508 e. The number of aromatic hydroxyl groups is 1. The predicted molar refractivity (Wildman–Crippen MR) is 89.4 cm³/mol. The standard InChI is InChI=1S/C19H15NO4/c1-9-6-7-13-16(22)14-15(11-4-3-5-12(21)8-11)20-19(23)18(14)24-17(13)10(9)2/h3-8,15,21H,1-2H3,(H,20,23)/t15-/m0/s1. The minimum absolute atomic E-state index is 0.0505. The monoisotopic (exact) mass is 321 g/mol. The summed E-state index contributed by atoms with van der Waals surface area (Å²) in [7, 11) is 0. The summed E-state index contributed by atoms with van der Waals surface area (Å²) in [6.45, 7) is 3.80. The molecule has 0 saturated carbocycles. The Morgan fingerprint density at radius 3 is 2.67 bits per heavy atom. The second-order valence-electron chi connectivity index (χ2n) is 6.06. The Labute approximate surface area is 137 Å². The van der Waals surface area contributed by atoms with E-state index >= 15 is 0 Å². The molecule has 0 radical (unpaired) electrons. The number of aryl methyl sites for hydroxylation is 2. The summed E-state index contributed by atoms with van der Waals surface area (Å²) < 4.78 is 5.82. The van der Waals surface area contributed by atoms with E-state index in [4.69, 9.17) is 4.42 Å². The number of nitrogens with one attached hydrogen (secondary N) is 1. The minimum atomic E-state index is -0.623. The van der Waals surface area contributed by atoms with Gasteiger partial charge in [0, 0.05) is 0 Å². The topological polar surface area (TPSA) is 79.5 Å². The highest BCUT2D eigenvalue weighted by Crippen LogP contribution is 2.33. The van der Waals surface area contributed by atoms with E-state index in [1.54, 1.807) is 18.2 Å². The van der Waals surface area contributed by atoms with Crippen LogP contribution in [0.1, 0.15) is 38.9 Å². The van der Waals surface area contributed by atoms with Crippen molar-refractivity contribution >= 4 is 16.9 Å². The number of fused-ring (bicyclic) bond motifs is 2. The molecular weight excluding hydrogens is 306 g/mol. The summed E-state index contributed by atoms with van der Waals surface area (Å²) in [4.78, 5) is 25.3. The van der Waals surface area contributed by atoms with Crippen LogP contribution >= 0.6 is 0 Å². The van der Waals surface area contributed by atoms with E-state index in [2.05, 4.69) is 5.32 Å². The number of phenolic OH excluding ortho intramolecular Hbond substituents is 1. The van der Waals surface area contributed by atoms with Crippen molar-refractivity contribution in [1.82, 2.24) is 5.32 Å². The van der Waals surface area contributed by atoms with Gasteiger partial charge in [-0.3, -0.25) is 9.59 Å². The Morgan fingerprint density at radius 2 is 1.92 bits per heavy atom. The van der Waals surface area contributed by atoms with E-state index in [1.165, 1.54) is 12.1 Å². The third kappa shape index (κ3) is 1.94. The van der Waals surface area contributed by atoms with E-state index in [0.29, 0.717) is 22.1 Å². The van der Waals surface area contributed by atoms with Crippen LogP contribution in [0.15, 0.2) is 45.6 Å². The summed E-state index contributed by atoms with van der Waals surface area (Å²) in [6, 6.07) is 9.47. The normalized spacial score (nSPS) is 16.2. The molecule has 0 bridgehead atoms. The number of phenols is 1. The molecule has 4 rings (SSSR count). The summed E-state index contributed by atoms with van der Waals surface area (Å²) in [5.41, 5.74) is 3.00. The van der Waals surface area contributed by atoms with Crippen LogP contribution in [0.25, 0.3) is 11.0 Å². The summed E-state index contributed by atoms with van der Waals surface area (Å²) in [6.07, 6.45) is 0. The van der Waals surface area contributed by atoms with Gasteiger partial charge in [-0.05, 0) is 48.7 Å². The summed E-state index contributed by atoms with van der Waals surface area (Å²) >= 11 is 0. The first kappa shape index (κ1) is 14.5. The Morgan fingerprint density at radius 1 is 1.12 bits per heavy atom. The maximum absolute atomic E-state index is 13.0. The molecule has 0 fully saturated rings. The number of hydrogen-bond donors (Lipinski definition) is 2. The second kappa shape index (κ2) is 4.96. The molecule has 1 amide bonds. The lowest BCUT2D eigenvalue weighted by Crippen LogP contribution is -2.21. The van der Waals surface area contributed by atoms with Crippen molar-refractivity contribution in [2.75, 3.05) is 0 Å². The van der Waals surface area contributed by atoms with Crippen molar-refractivity contribution in [3.8, 4) is 5.75 Å². The van der Waals surface area contributed by atoms with Crippen molar-refractivity contribution in [2.45, 2.75) is 19.9 Å². The van der Waals surface area contributed by atoms with E-state index in [9.17, 15) is 14.7 Å². The first-order chi connectivity index (χ1) is 11.5. The molecule has 120 valence electrons. The van der Waals surface area contributed by atoms with Gasteiger partial charge in [-0.25, -0.2) is 0 Å². The quantitative estimate of drug-likeness (QED) is 0.722. The van der Waals surface area contributed by atoms with Crippen LogP contribution in [0, 0.1) is 13.8 Å². The Hall–Kier alpha value is -3.08. The fraction of sp³-hybridized carbons (Fsp3) is 0.158. The number of amides is 1. The molecule has 5 nitrogen and oxygen atoms in total. The maximum Gasteiger partial charge on any atom is 0.288 e. The van der Waals surface area contributed by atoms with Gasteiger partial charge in [0.1, 0.15) is 11.3 Å². The van der Waals surface area contributed by atoms with Crippen LogP contribution in [-0.2, 0) is 0 Å². The predicted octanol–water partition coefficient (Wildman–Crippen LogP) is 2.95. The van der Waals surface area contributed by atoms with E-state index < -0.39 is 11.9 Å². The molecule has 1 aliphatic heterocycles. The van der Waals surface area contributed by atoms with Crippen molar-refractivity contribution in [3.63, 3.8) is 0 Å². The Bertz CT molecular complexity index is 1060. The van der Waals surface area contributed by atoms with Crippen molar-refractivity contribution < 1.29 is 14.3 Å². The average Bonchev–Trinajstić information content (AvgIpc) is 2.89. The molecule has 2 N–H and O–H groups in total. The van der Waals surface area contributed by atoms with E-state index in [1.807, 2.05) is 19.9 Å². The number of carbonyl (C=O) groups is 1. The molecule has 24 heavy (non-hydrogen) atoms. The summed E-state index contributed by atoms with van der Waals surface area (Å²) in [5.74, 6) is -0.292. The fourth-order valence-electron chi connectivity index (χ4n) is 3.16. The van der Waals surface area contributed by atoms with E-state index in [-0.39, 0.29) is 16.9 Å². The number of rotatable bonds is 1. The molecule has 3 aromatic rings. The molecule has 0 saturated heterocycles. The van der Waals surface area contributed by atoms with Gasteiger partial charge in [0.15, 0.2) is 5.43 Å². The van der Waals surface area contributed by atoms with Crippen LogP contribution in [0.3, 0.4) is 0 Å². The van der Waals surface area contributed by atoms with Crippen molar-refractivity contribution in [2.24, 2.45) is 0 Å². The summed E-state index contributed by atoms with van der Waals surface area (Å²) in [5, 5.41) is 12.9. The lowest BCUT2D eigenvalue weighted by molar-refractivity contribution is 0.0937. The Kier molecular flexibility index (Phi) is 3.00. The fourth-order valence-corrected chi connectivity index (χ4v) is 3.16. The first-order valence-electron chi connectivity index (χ1n) is 7.64. The lowest BCUT2D eigenvalue weighted by Gasteiger charge is -2.12. The molecule has 0 spiro atoms. The zero-order chi connectivity index (χ0) is 17.0. The number of benzene rings is 2. The van der Waals surface area contributed by atoms with Crippen molar-refractivity contribution in [1.29, 1.82) is 0 Å². The zero-order valence-corrected chi connectivity index (χ0v) is 13.2. The van der Waals surface area contributed by atoms with E-state index in [0.717, 1.165) is 11.1 Å². The van der Waals surface area contributed by atoms with Gasteiger partial charge in [0.05, 0.1) is 17.0 Å². The third-order valence-corrected chi connectivity index (χ3v) is 4.59. The minimum Gasteiger partial charge on any atom is -0.508 e. The highest BCUT2D eigenvalue weighted by molar-refractivity contribution is 5.99.